The molecule has 4 aliphatic heterocycles. The summed E-state index contributed by atoms with van der Waals surface area (Å²) < 4.78 is 22.1. The van der Waals surface area contributed by atoms with Gasteiger partial charge in [0.1, 0.15) is 23.9 Å². The maximum atomic E-state index is 12.0. The summed E-state index contributed by atoms with van der Waals surface area (Å²) in [7, 11) is 0. The zero-order valence-corrected chi connectivity index (χ0v) is 40.1. The number of unbranched alkanes of at least 4 members (excludes halogenated alkanes) is 3. The van der Waals surface area contributed by atoms with Crippen molar-refractivity contribution >= 4 is 16.6 Å². The molecule has 70 heavy (non-hydrogen) atoms. The van der Waals surface area contributed by atoms with Gasteiger partial charge >= 0.3 is 0 Å². The molecular formula is C60H67N3O7. The maximum Gasteiger partial charge on any atom is 0.164 e. The molecule has 10 heteroatoms. The number of phenols is 3. The highest BCUT2D eigenvalue weighted by Crippen LogP contribution is 2.52. The molecular weight excluding hydrogens is 875 g/mol. The Morgan fingerprint density at radius 3 is 2.60 bits per heavy atom. The van der Waals surface area contributed by atoms with E-state index in [-0.39, 0.29) is 47.5 Å². The van der Waals surface area contributed by atoms with Crippen LogP contribution in [0.15, 0.2) is 121 Å². The number of ether oxygens (including phenoxy) is 3. The molecule has 1 saturated heterocycles. The number of aliphatic hydroxyl groups excluding tert-OH is 1. The predicted molar refractivity (Wildman–Crippen MR) is 274 cm³/mol. The van der Waals surface area contributed by atoms with Gasteiger partial charge in [-0.3, -0.25) is 0 Å². The van der Waals surface area contributed by atoms with Gasteiger partial charge in [0.25, 0.3) is 0 Å². The SMILES string of the molecule is NC1C=CC2=C(N1)n1cc3cc(C45CCOCC4CCc4ccccc45)cc(c3c1)COc1c(O)ccc3c1CCC(C3)C(O)CC(CCCCCCc1ccc(O)c(Cc3cccc(O)c3)c1)OC2. The minimum Gasteiger partial charge on any atom is -0.508 e. The molecule has 7 N–H and O–H groups in total. The average molecular weight is 942 g/mol. The maximum absolute atomic E-state index is 12.0. The standard InChI is InChI=1S/C60H67N3O7/c61-57-23-18-43-35-69-50(12-4-2-1-3-8-38-14-21-54(65)44(26-38)27-39-9-7-11-49(64)28-39)32-56(67)42-16-20-51-41(29-42)17-22-55(66)58(51)70-36-46-31-48(30-45-33-63(34-52(45)46)59(43)62-57)60-24-25-68-37-47(60)19-15-40-10-5-6-13-53(40)60/h5-7,9-11,13-14,17-18,21-23,26,28,30-31,33-34,42,47,50,56-57,62,64-67H,1-4,8,12,15-16,19-20,24-25,27,29,32,35-37,61H2. The molecule has 10 nitrogen and oxygen atoms in total. The highest BCUT2D eigenvalue weighted by atomic mass is 16.5. The molecule has 5 heterocycles. The second kappa shape index (κ2) is 20.0. The van der Waals surface area contributed by atoms with E-state index in [0.717, 1.165) is 121 Å². The third-order valence-electron chi connectivity index (χ3n) is 16.3. The largest absolute Gasteiger partial charge is 0.508 e. The molecule has 0 amide bonds. The summed E-state index contributed by atoms with van der Waals surface area (Å²) in [4.78, 5) is 0. The molecule has 6 bridgehead atoms. The zero-order chi connectivity index (χ0) is 47.8. The van der Waals surface area contributed by atoms with Crippen LogP contribution >= 0.6 is 0 Å². The van der Waals surface area contributed by atoms with Gasteiger partial charge in [0.05, 0.1) is 31.6 Å². The van der Waals surface area contributed by atoms with Crippen LogP contribution < -0.4 is 15.8 Å². The topological polar surface area (TPSA) is 152 Å². The van der Waals surface area contributed by atoms with Crippen LogP contribution in [-0.4, -0.2) is 63.2 Å². The Bertz CT molecular complexity index is 2940. The van der Waals surface area contributed by atoms with Crippen molar-refractivity contribution in [1.29, 1.82) is 0 Å². The summed E-state index contributed by atoms with van der Waals surface area (Å²) in [5.74, 6) is 2.46. The molecule has 6 unspecified atom stereocenters. The van der Waals surface area contributed by atoms with Crippen LogP contribution in [0.1, 0.15) is 108 Å². The summed E-state index contributed by atoms with van der Waals surface area (Å²) in [6, 6.07) is 30.6. The van der Waals surface area contributed by atoms with Gasteiger partial charge in [-0.05, 0) is 157 Å². The number of aliphatic hydroxyl groups is 1. The quantitative estimate of drug-likeness (QED) is 0.0738. The van der Waals surface area contributed by atoms with E-state index in [1.54, 1.807) is 24.3 Å². The highest BCUT2D eigenvalue weighted by molar-refractivity contribution is 5.88. The molecule has 2 aliphatic carbocycles. The molecule has 0 saturated carbocycles. The van der Waals surface area contributed by atoms with Crippen LogP contribution in [0.5, 0.6) is 23.0 Å². The van der Waals surface area contributed by atoms with E-state index in [2.05, 4.69) is 70.8 Å². The van der Waals surface area contributed by atoms with E-state index < -0.39 is 6.10 Å². The Hall–Kier alpha value is -6.04. The van der Waals surface area contributed by atoms with Crippen LogP contribution in [0, 0.1) is 11.8 Å². The van der Waals surface area contributed by atoms with Gasteiger partial charge < -0.3 is 50.3 Å². The molecule has 12 rings (SSSR count). The number of nitrogens with one attached hydrogen (secondary N) is 1. The second-order valence-corrected chi connectivity index (χ2v) is 20.7. The monoisotopic (exact) mass is 941 g/mol. The zero-order valence-electron chi connectivity index (χ0n) is 40.1. The molecule has 6 atom stereocenters. The van der Waals surface area contributed by atoms with Crippen LogP contribution in [0.4, 0.5) is 0 Å². The smallest absolute Gasteiger partial charge is 0.164 e. The molecule has 1 fully saturated rings. The van der Waals surface area contributed by atoms with Gasteiger partial charge in [-0.15, -0.1) is 0 Å². The minimum atomic E-state index is -0.554. The van der Waals surface area contributed by atoms with Crippen molar-refractivity contribution in [2.75, 3.05) is 19.8 Å². The van der Waals surface area contributed by atoms with Gasteiger partial charge in [0.2, 0.25) is 0 Å². The fourth-order valence-electron chi connectivity index (χ4n) is 12.6. The molecule has 364 valence electrons. The van der Waals surface area contributed by atoms with Gasteiger partial charge in [-0.25, -0.2) is 0 Å². The van der Waals surface area contributed by atoms with E-state index in [9.17, 15) is 20.4 Å². The first-order valence-electron chi connectivity index (χ1n) is 25.8. The van der Waals surface area contributed by atoms with Crippen LogP contribution in [0.3, 0.4) is 0 Å². The predicted octanol–water partition coefficient (Wildman–Crippen LogP) is 10.3. The number of aromatic nitrogens is 1. The van der Waals surface area contributed by atoms with Gasteiger partial charge in [0.15, 0.2) is 11.5 Å². The summed E-state index contributed by atoms with van der Waals surface area (Å²) in [5, 5.41) is 49.7. The summed E-state index contributed by atoms with van der Waals surface area (Å²) in [6.07, 6.45) is 19.5. The van der Waals surface area contributed by atoms with Crippen molar-refractivity contribution in [2.45, 2.75) is 120 Å². The first-order valence-corrected chi connectivity index (χ1v) is 25.8. The summed E-state index contributed by atoms with van der Waals surface area (Å²) in [5.41, 5.74) is 17.7. The number of nitrogens with zero attached hydrogens (tertiary/aromatic N) is 1. The van der Waals surface area contributed by atoms with Crippen LogP contribution in [0.2, 0.25) is 0 Å². The first kappa shape index (κ1) is 46.3. The van der Waals surface area contributed by atoms with E-state index in [1.165, 1.54) is 22.3 Å². The molecule has 0 radical (unpaired) electrons. The Labute approximate surface area is 411 Å². The molecule has 0 spiro atoms. The normalized spacial score (nSPS) is 24.3. The van der Waals surface area contributed by atoms with E-state index in [4.69, 9.17) is 19.9 Å². The van der Waals surface area contributed by atoms with Gasteiger partial charge in [-0.2, -0.15) is 0 Å². The number of aromatic hydroxyl groups is 3. The van der Waals surface area contributed by atoms with E-state index >= 15 is 0 Å². The lowest BCUT2D eigenvalue weighted by atomic mass is 9.57. The van der Waals surface area contributed by atoms with E-state index in [1.807, 2.05) is 30.3 Å². The van der Waals surface area contributed by atoms with Crippen molar-refractivity contribution in [3.8, 4) is 23.0 Å². The number of hydrogen-bond donors (Lipinski definition) is 6. The van der Waals surface area contributed by atoms with Crippen molar-refractivity contribution in [3.63, 3.8) is 0 Å². The number of fused-ring (bicyclic) bond motifs is 9. The summed E-state index contributed by atoms with van der Waals surface area (Å²) in [6.45, 7) is 2.08. The first-order chi connectivity index (χ1) is 34.2. The average Bonchev–Trinajstić information content (AvgIpc) is 3.81. The highest BCUT2D eigenvalue weighted by Gasteiger charge is 2.47. The molecule has 6 aromatic rings. The minimum absolute atomic E-state index is 0.0549. The van der Waals surface area contributed by atoms with Crippen molar-refractivity contribution in [3.05, 3.63) is 171 Å². The lowest BCUT2D eigenvalue weighted by Gasteiger charge is -2.49. The fourth-order valence-corrected chi connectivity index (χ4v) is 12.6. The number of rotatable bonds is 10. The van der Waals surface area contributed by atoms with Crippen molar-refractivity contribution < 1.29 is 34.6 Å². The van der Waals surface area contributed by atoms with Crippen molar-refractivity contribution in [2.24, 2.45) is 17.6 Å². The molecule has 1 aromatic heterocycles. The number of nitrogens with two attached hydrogens (primary N) is 1. The Morgan fingerprint density at radius 2 is 1.69 bits per heavy atom. The lowest BCUT2D eigenvalue weighted by Crippen LogP contribution is -2.47. The molecule has 6 aliphatic rings. The van der Waals surface area contributed by atoms with E-state index in [0.29, 0.717) is 50.6 Å². The van der Waals surface area contributed by atoms with Crippen LogP contribution in [-0.2, 0) is 53.6 Å². The lowest BCUT2D eigenvalue weighted by molar-refractivity contribution is -0.00196. The van der Waals surface area contributed by atoms with Gasteiger partial charge in [0, 0.05) is 52.7 Å². The fraction of sp³-hybridized carbons (Fsp3) is 0.400. The Kier molecular flexibility index (Phi) is 13.2. The number of hydrogen-bond acceptors (Lipinski definition) is 9. The Balaban J connectivity index is 0.878. The Morgan fingerprint density at radius 1 is 0.800 bits per heavy atom. The van der Waals surface area contributed by atoms with Crippen molar-refractivity contribution in [1.82, 2.24) is 9.88 Å². The van der Waals surface area contributed by atoms with Gasteiger partial charge in [-0.1, -0.05) is 86.0 Å². The third-order valence-corrected chi connectivity index (χ3v) is 16.3. The summed E-state index contributed by atoms with van der Waals surface area (Å²) >= 11 is 0. The second-order valence-electron chi connectivity index (χ2n) is 20.7. The number of benzene rings is 5. The number of phenolic OH excluding ortho intramolecular Hbond substituents is 3. The number of dihydropyridines is 1. The number of aryl methyl sites for hydroxylation is 2. The van der Waals surface area contributed by atoms with Crippen LogP contribution in [0.25, 0.3) is 16.6 Å². The third kappa shape index (κ3) is 9.35. The molecule has 5 aromatic carbocycles.